The van der Waals surface area contributed by atoms with E-state index >= 15 is 0 Å². The normalized spacial score (nSPS) is 10.9. The van der Waals surface area contributed by atoms with Crippen molar-refractivity contribution in [1.29, 1.82) is 0 Å². The Bertz CT molecular complexity index is 1330. The number of aromatic nitrogens is 1. The third-order valence-electron chi connectivity index (χ3n) is 4.98. The maximum Gasteiger partial charge on any atom is 0.259 e. The molecule has 0 unspecified atom stereocenters. The lowest BCUT2D eigenvalue weighted by Crippen LogP contribution is -2.23. The molecule has 0 saturated heterocycles. The van der Waals surface area contributed by atoms with E-state index in [4.69, 9.17) is 11.6 Å². The Morgan fingerprint density at radius 2 is 1.67 bits per heavy atom. The van der Waals surface area contributed by atoms with Crippen LogP contribution in [0.3, 0.4) is 0 Å². The van der Waals surface area contributed by atoms with E-state index in [9.17, 15) is 14.0 Å². The quantitative estimate of drug-likeness (QED) is 0.458. The molecule has 4 aromatic rings. The van der Waals surface area contributed by atoms with E-state index in [0.717, 1.165) is 0 Å². The number of nitrogens with one attached hydrogen (secondary N) is 1. The number of amides is 1. The molecule has 0 aliphatic rings. The maximum absolute atomic E-state index is 14.2. The molecule has 4 rings (SSSR count). The Morgan fingerprint density at radius 1 is 1.00 bits per heavy atom. The summed E-state index contributed by atoms with van der Waals surface area (Å²) >= 11 is 6.41. The maximum atomic E-state index is 14.2. The Kier molecular flexibility index (Phi) is 5.38. The fraction of sp³-hybridized carbons (Fsp3) is 0.0833. The lowest BCUT2D eigenvalue weighted by Gasteiger charge is -2.20. The number of pyridine rings is 1. The molecule has 4 nitrogen and oxygen atoms in total. The smallest absolute Gasteiger partial charge is 0.259 e. The number of halogens is 2. The molecule has 3 aromatic carbocycles. The first-order valence-corrected chi connectivity index (χ1v) is 9.87. The average molecular weight is 421 g/mol. The van der Waals surface area contributed by atoms with Gasteiger partial charge in [-0.1, -0.05) is 54.1 Å². The van der Waals surface area contributed by atoms with Gasteiger partial charge in [-0.05, 0) is 37.3 Å². The van der Waals surface area contributed by atoms with Crippen LogP contribution < -0.4 is 10.7 Å². The van der Waals surface area contributed by atoms with Crippen molar-refractivity contribution >= 4 is 34.2 Å². The number of carbonyl (C=O) groups excluding carboxylic acids is 1. The van der Waals surface area contributed by atoms with E-state index in [-0.39, 0.29) is 22.4 Å². The zero-order chi connectivity index (χ0) is 21.3. The summed E-state index contributed by atoms with van der Waals surface area (Å²) in [6.07, 6.45) is 0. The molecule has 1 heterocycles. The van der Waals surface area contributed by atoms with Crippen LogP contribution in [0.5, 0.6) is 0 Å². The first kappa shape index (κ1) is 19.9. The minimum absolute atomic E-state index is 0.106. The lowest BCUT2D eigenvalue weighted by atomic mass is 10.0. The van der Waals surface area contributed by atoms with Crippen LogP contribution in [0.1, 0.15) is 17.3 Å². The highest BCUT2D eigenvalue weighted by atomic mass is 35.5. The Balaban J connectivity index is 2.03. The zero-order valence-electron chi connectivity index (χ0n) is 16.2. The van der Waals surface area contributed by atoms with Gasteiger partial charge < -0.3 is 9.88 Å². The van der Waals surface area contributed by atoms with Crippen LogP contribution in [0.2, 0.25) is 5.02 Å². The van der Waals surface area contributed by atoms with Crippen LogP contribution in [0.25, 0.3) is 22.0 Å². The molecule has 0 atom stereocenters. The number of hydrogen-bond acceptors (Lipinski definition) is 2. The van der Waals surface area contributed by atoms with Gasteiger partial charge in [0.15, 0.2) is 5.43 Å². The van der Waals surface area contributed by atoms with Crippen LogP contribution >= 0.6 is 11.6 Å². The van der Waals surface area contributed by atoms with Gasteiger partial charge in [-0.2, -0.15) is 0 Å². The van der Waals surface area contributed by atoms with Crippen molar-refractivity contribution in [3.8, 4) is 11.1 Å². The highest BCUT2D eigenvalue weighted by Gasteiger charge is 2.22. The third-order valence-corrected chi connectivity index (χ3v) is 5.31. The number of carbonyl (C=O) groups is 1. The summed E-state index contributed by atoms with van der Waals surface area (Å²) in [6.45, 7) is 2.39. The van der Waals surface area contributed by atoms with Crippen LogP contribution in [-0.2, 0) is 6.54 Å². The Labute approximate surface area is 177 Å². The second kappa shape index (κ2) is 8.13. The molecule has 0 bridgehead atoms. The fourth-order valence-corrected chi connectivity index (χ4v) is 3.82. The van der Waals surface area contributed by atoms with Crippen molar-refractivity contribution in [1.82, 2.24) is 4.57 Å². The lowest BCUT2D eigenvalue weighted by molar-refractivity contribution is 0.102. The Hall–Kier alpha value is -3.44. The zero-order valence-corrected chi connectivity index (χ0v) is 16.9. The van der Waals surface area contributed by atoms with Gasteiger partial charge in [-0.3, -0.25) is 9.59 Å². The number of anilines is 1. The van der Waals surface area contributed by atoms with Gasteiger partial charge in [0.2, 0.25) is 0 Å². The third kappa shape index (κ3) is 3.37. The molecule has 0 radical (unpaired) electrons. The van der Waals surface area contributed by atoms with Crippen LogP contribution in [0.4, 0.5) is 10.2 Å². The summed E-state index contributed by atoms with van der Waals surface area (Å²) < 4.78 is 16.0. The molecular formula is C24H18ClFN2O2. The summed E-state index contributed by atoms with van der Waals surface area (Å²) in [4.78, 5) is 26.4. The summed E-state index contributed by atoms with van der Waals surface area (Å²) in [5.74, 6) is -0.999. The van der Waals surface area contributed by atoms with E-state index in [1.165, 1.54) is 18.2 Å². The van der Waals surface area contributed by atoms with E-state index in [1.807, 2.05) is 23.6 Å². The topological polar surface area (TPSA) is 51.1 Å². The van der Waals surface area contributed by atoms with E-state index in [2.05, 4.69) is 5.32 Å². The number of benzene rings is 3. The number of aryl methyl sites for hydroxylation is 1. The highest BCUT2D eigenvalue weighted by Crippen LogP contribution is 2.33. The number of para-hydroxylation sites is 1. The molecule has 0 fully saturated rings. The van der Waals surface area contributed by atoms with E-state index < -0.39 is 11.7 Å². The number of fused-ring (bicyclic) bond motifs is 1. The van der Waals surface area contributed by atoms with Crippen molar-refractivity contribution in [2.24, 2.45) is 0 Å². The SMILES string of the molecule is CCn1c(NC(=O)c2ccccc2F)c(-c2ccccc2Cl)c(=O)c2ccccc21. The molecule has 150 valence electrons. The van der Waals surface area contributed by atoms with Crippen LogP contribution in [-0.4, -0.2) is 10.5 Å². The largest absolute Gasteiger partial charge is 0.327 e. The summed E-state index contributed by atoms with van der Waals surface area (Å²) in [6, 6.07) is 19.8. The van der Waals surface area contributed by atoms with Crippen LogP contribution in [0, 0.1) is 5.82 Å². The molecule has 0 spiro atoms. The summed E-state index contributed by atoms with van der Waals surface area (Å²) in [5.41, 5.74) is 1.08. The first-order valence-electron chi connectivity index (χ1n) is 9.49. The molecule has 0 aliphatic heterocycles. The Morgan fingerprint density at radius 3 is 2.40 bits per heavy atom. The molecule has 1 aromatic heterocycles. The fourth-order valence-electron chi connectivity index (χ4n) is 3.59. The molecule has 0 aliphatic carbocycles. The van der Waals surface area contributed by atoms with E-state index in [1.54, 1.807) is 42.5 Å². The van der Waals surface area contributed by atoms with Crippen molar-refractivity contribution in [2.45, 2.75) is 13.5 Å². The minimum Gasteiger partial charge on any atom is -0.327 e. The van der Waals surface area contributed by atoms with Gasteiger partial charge >= 0.3 is 0 Å². The standard InChI is InChI=1S/C24H18ClFN2O2/c1-2-28-20-14-8-5-11-17(20)22(29)21(15-9-3-6-12-18(15)25)23(28)27-24(30)16-10-4-7-13-19(16)26/h3-14H,2H2,1H3,(H,27,30). The van der Waals surface area contributed by atoms with Gasteiger partial charge in [-0.15, -0.1) is 0 Å². The van der Waals surface area contributed by atoms with Gasteiger partial charge in [-0.25, -0.2) is 4.39 Å². The van der Waals surface area contributed by atoms with Crippen molar-refractivity contribution in [3.63, 3.8) is 0 Å². The molecular weight excluding hydrogens is 403 g/mol. The predicted octanol–water partition coefficient (Wildman–Crippen LogP) is 5.73. The molecule has 6 heteroatoms. The minimum atomic E-state index is -0.640. The molecule has 1 amide bonds. The first-order chi connectivity index (χ1) is 14.5. The predicted molar refractivity (Wildman–Crippen MR) is 119 cm³/mol. The van der Waals surface area contributed by atoms with Crippen LogP contribution in [0.15, 0.2) is 77.6 Å². The monoisotopic (exact) mass is 420 g/mol. The highest BCUT2D eigenvalue weighted by molar-refractivity contribution is 6.33. The summed E-state index contributed by atoms with van der Waals surface area (Å²) in [7, 11) is 0. The van der Waals surface area contributed by atoms with Crippen molar-refractivity contribution < 1.29 is 9.18 Å². The molecule has 0 saturated carbocycles. The van der Waals surface area contributed by atoms with Crippen molar-refractivity contribution in [2.75, 3.05) is 5.32 Å². The van der Waals surface area contributed by atoms with Gasteiger partial charge in [0.1, 0.15) is 11.6 Å². The number of rotatable bonds is 4. The number of nitrogens with zero attached hydrogens (tertiary/aromatic N) is 1. The average Bonchev–Trinajstić information content (AvgIpc) is 2.75. The van der Waals surface area contributed by atoms with Crippen molar-refractivity contribution in [3.05, 3.63) is 99.4 Å². The second-order valence-corrected chi connectivity index (χ2v) is 7.14. The number of hydrogen-bond donors (Lipinski definition) is 1. The van der Waals surface area contributed by atoms with Gasteiger partial charge in [0.05, 0.1) is 16.6 Å². The molecule has 1 N–H and O–H groups in total. The second-order valence-electron chi connectivity index (χ2n) is 6.73. The summed E-state index contributed by atoms with van der Waals surface area (Å²) in [5, 5.41) is 3.67. The van der Waals surface area contributed by atoms with Gasteiger partial charge in [0, 0.05) is 22.5 Å². The van der Waals surface area contributed by atoms with Gasteiger partial charge in [0.25, 0.3) is 5.91 Å². The van der Waals surface area contributed by atoms with E-state index in [0.29, 0.717) is 28.0 Å². The molecule has 30 heavy (non-hydrogen) atoms.